The number of pyridine rings is 1. The largest absolute Gasteiger partial charge is 0.352 e. The normalized spacial score (nSPS) is 17.0. The second kappa shape index (κ2) is 6.36. The van der Waals surface area contributed by atoms with Crippen LogP contribution >= 0.6 is 0 Å². The lowest BCUT2D eigenvalue weighted by atomic mass is 10.2. The molecule has 0 aromatic carbocycles. The van der Waals surface area contributed by atoms with Gasteiger partial charge < -0.3 is 5.32 Å². The zero-order valence-electron chi connectivity index (χ0n) is 14.0. The van der Waals surface area contributed by atoms with Crippen LogP contribution in [0.15, 0.2) is 24.5 Å². The molecule has 126 valence electrons. The quantitative estimate of drug-likeness (QED) is 0.915. The lowest BCUT2D eigenvalue weighted by Crippen LogP contribution is -2.28. The third kappa shape index (κ3) is 2.94. The minimum Gasteiger partial charge on any atom is -0.352 e. The Kier molecular flexibility index (Phi) is 4.06. The van der Waals surface area contributed by atoms with Gasteiger partial charge in [0.05, 0.1) is 17.5 Å². The van der Waals surface area contributed by atoms with Crippen molar-refractivity contribution in [2.24, 2.45) is 5.92 Å². The Labute approximate surface area is 141 Å². The highest BCUT2D eigenvalue weighted by Crippen LogP contribution is 2.28. The van der Waals surface area contributed by atoms with E-state index < -0.39 is 0 Å². The van der Waals surface area contributed by atoms with Gasteiger partial charge in [0.15, 0.2) is 5.82 Å². The van der Waals surface area contributed by atoms with Gasteiger partial charge in [-0.25, -0.2) is 9.67 Å². The van der Waals surface area contributed by atoms with E-state index in [1.807, 2.05) is 10.7 Å². The van der Waals surface area contributed by atoms with Crippen LogP contribution in [0.25, 0.3) is 5.82 Å². The number of nitrogens with zero attached hydrogens (tertiary/aromatic N) is 4. The van der Waals surface area contributed by atoms with Crippen molar-refractivity contribution in [3.8, 4) is 5.82 Å². The number of nitrogens with one attached hydrogen (secondary N) is 1. The smallest absolute Gasteiger partial charge is 0.254 e. The van der Waals surface area contributed by atoms with Crippen molar-refractivity contribution in [3.05, 3.63) is 41.3 Å². The van der Waals surface area contributed by atoms with E-state index in [9.17, 15) is 4.79 Å². The maximum absolute atomic E-state index is 12.6. The Morgan fingerprint density at radius 1 is 1.38 bits per heavy atom. The summed E-state index contributed by atoms with van der Waals surface area (Å²) in [5.41, 5.74) is 2.77. The fraction of sp³-hybridized carbons (Fsp3) is 0.500. The summed E-state index contributed by atoms with van der Waals surface area (Å²) in [5.74, 6) is 1.49. The molecule has 4 rings (SSSR count). The summed E-state index contributed by atoms with van der Waals surface area (Å²) in [6, 6.07) is 4.05. The third-order valence-electron chi connectivity index (χ3n) is 4.74. The zero-order chi connectivity index (χ0) is 16.5. The minimum atomic E-state index is -0.0148. The summed E-state index contributed by atoms with van der Waals surface area (Å²) in [5, 5.41) is 7.54. The number of carbonyl (C=O) groups is 1. The molecule has 1 amide bonds. The van der Waals surface area contributed by atoms with Crippen molar-refractivity contribution in [1.82, 2.24) is 25.0 Å². The molecule has 2 aliphatic rings. The second-order valence-electron chi connectivity index (χ2n) is 6.77. The molecule has 0 bridgehead atoms. The van der Waals surface area contributed by atoms with E-state index in [2.05, 4.69) is 33.3 Å². The summed E-state index contributed by atoms with van der Waals surface area (Å²) in [6.45, 7) is 5.50. The Morgan fingerprint density at radius 2 is 2.25 bits per heavy atom. The molecule has 0 atom stereocenters. The number of fused-ring (bicyclic) bond motifs is 3. The van der Waals surface area contributed by atoms with E-state index in [-0.39, 0.29) is 5.91 Å². The molecule has 1 aliphatic carbocycles. The van der Waals surface area contributed by atoms with Crippen LogP contribution in [0.2, 0.25) is 0 Å². The average molecular weight is 325 g/mol. The van der Waals surface area contributed by atoms with Gasteiger partial charge in [0.2, 0.25) is 0 Å². The molecule has 0 unspecified atom stereocenters. The second-order valence-corrected chi connectivity index (χ2v) is 6.77. The number of amides is 1. The van der Waals surface area contributed by atoms with Crippen molar-refractivity contribution in [3.63, 3.8) is 0 Å². The van der Waals surface area contributed by atoms with Gasteiger partial charge in [-0.1, -0.05) is 13.0 Å². The van der Waals surface area contributed by atoms with E-state index in [0.717, 1.165) is 49.7 Å². The van der Waals surface area contributed by atoms with Crippen LogP contribution in [0, 0.1) is 5.92 Å². The summed E-state index contributed by atoms with van der Waals surface area (Å²) in [7, 11) is 0. The molecule has 0 spiro atoms. The van der Waals surface area contributed by atoms with Crippen molar-refractivity contribution >= 4 is 5.91 Å². The van der Waals surface area contributed by atoms with Gasteiger partial charge in [-0.2, -0.15) is 5.10 Å². The molecule has 6 nitrogen and oxygen atoms in total. The first-order valence-electron chi connectivity index (χ1n) is 8.78. The first-order chi connectivity index (χ1) is 11.8. The van der Waals surface area contributed by atoms with Crippen LogP contribution < -0.4 is 5.32 Å². The number of carbonyl (C=O) groups excluding carboxylic acids is 1. The molecule has 3 heterocycles. The molecule has 1 aliphatic heterocycles. The highest BCUT2D eigenvalue weighted by atomic mass is 16.1. The van der Waals surface area contributed by atoms with Gasteiger partial charge in [0.25, 0.3) is 5.91 Å². The van der Waals surface area contributed by atoms with Gasteiger partial charge >= 0.3 is 0 Å². The zero-order valence-corrected chi connectivity index (χ0v) is 14.0. The maximum Gasteiger partial charge on any atom is 0.254 e. The minimum absolute atomic E-state index is 0.0148. The Hall–Kier alpha value is -2.21. The predicted molar refractivity (Wildman–Crippen MR) is 90.8 cm³/mol. The summed E-state index contributed by atoms with van der Waals surface area (Å²) >= 11 is 0. The standard InChI is InChI=1S/C18H23N5O/c1-2-8-22-11-14-4-3-7-19-17(14)23-16(12-22)15(10-21-23)18(24)20-9-13-5-6-13/h3-4,7,10,13H,2,5-6,8-9,11-12H2,1H3,(H,20,24). The molecule has 1 saturated carbocycles. The highest BCUT2D eigenvalue weighted by molar-refractivity contribution is 5.95. The fourth-order valence-electron chi connectivity index (χ4n) is 3.28. The average Bonchev–Trinajstić information content (AvgIpc) is 3.35. The molecule has 24 heavy (non-hydrogen) atoms. The monoisotopic (exact) mass is 325 g/mol. The predicted octanol–water partition coefficient (Wildman–Crippen LogP) is 2.13. The molecule has 2 aromatic rings. The van der Waals surface area contributed by atoms with Crippen LogP contribution in [0.4, 0.5) is 0 Å². The van der Waals surface area contributed by atoms with E-state index in [0.29, 0.717) is 11.5 Å². The molecular weight excluding hydrogens is 302 g/mol. The Bertz CT molecular complexity index is 750. The highest BCUT2D eigenvalue weighted by Gasteiger charge is 2.27. The van der Waals surface area contributed by atoms with Crippen LogP contribution in [0.5, 0.6) is 0 Å². The van der Waals surface area contributed by atoms with Gasteiger partial charge in [-0.05, 0) is 37.8 Å². The molecule has 2 aromatic heterocycles. The van der Waals surface area contributed by atoms with Crippen molar-refractivity contribution in [2.75, 3.05) is 13.1 Å². The lowest BCUT2D eigenvalue weighted by molar-refractivity contribution is 0.0949. The van der Waals surface area contributed by atoms with E-state index >= 15 is 0 Å². The Morgan fingerprint density at radius 3 is 3.04 bits per heavy atom. The van der Waals surface area contributed by atoms with Crippen LogP contribution in [-0.4, -0.2) is 38.7 Å². The number of hydrogen-bond acceptors (Lipinski definition) is 4. The summed E-state index contributed by atoms with van der Waals surface area (Å²) in [6.07, 6.45) is 7.01. The first-order valence-corrected chi connectivity index (χ1v) is 8.78. The number of rotatable bonds is 5. The SMILES string of the molecule is CCCN1Cc2cccnc2-n2ncc(C(=O)NCC3CC3)c2C1. The first kappa shape index (κ1) is 15.3. The Balaban J connectivity index is 1.68. The van der Waals surface area contributed by atoms with Crippen molar-refractivity contribution in [1.29, 1.82) is 0 Å². The van der Waals surface area contributed by atoms with Crippen LogP contribution in [-0.2, 0) is 13.1 Å². The number of aromatic nitrogens is 3. The van der Waals surface area contributed by atoms with Crippen LogP contribution in [0.3, 0.4) is 0 Å². The fourth-order valence-corrected chi connectivity index (χ4v) is 3.28. The number of hydrogen-bond donors (Lipinski definition) is 1. The van der Waals surface area contributed by atoms with Gasteiger partial charge in [-0.3, -0.25) is 9.69 Å². The topological polar surface area (TPSA) is 63.1 Å². The van der Waals surface area contributed by atoms with E-state index in [4.69, 9.17) is 0 Å². The van der Waals surface area contributed by atoms with Gasteiger partial charge in [-0.15, -0.1) is 0 Å². The molecule has 6 heteroatoms. The molecular formula is C18H23N5O. The van der Waals surface area contributed by atoms with E-state index in [1.165, 1.54) is 12.8 Å². The molecule has 1 fully saturated rings. The van der Waals surface area contributed by atoms with E-state index in [1.54, 1.807) is 12.4 Å². The van der Waals surface area contributed by atoms with Crippen molar-refractivity contribution in [2.45, 2.75) is 39.3 Å². The molecule has 0 saturated heterocycles. The molecule has 1 N–H and O–H groups in total. The third-order valence-corrected chi connectivity index (χ3v) is 4.74. The van der Waals surface area contributed by atoms with Crippen molar-refractivity contribution < 1.29 is 4.79 Å². The summed E-state index contributed by atoms with van der Waals surface area (Å²) in [4.78, 5) is 19.5. The maximum atomic E-state index is 12.6. The molecule has 0 radical (unpaired) electrons. The lowest BCUT2D eigenvalue weighted by Gasteiger charge is -2.19. The van der Waals surface area contributed by atoms with Gasteiger partial charge in [0.1, 0.15) is 0 Å². The van der Waals surface area contributed by atoms with Crippen LogP contribution in [0.1, 0.15) is 47.8 Å². The van der Waals surface area contributed by atoms with Gasteiger partial charge in [0, 0.05) is 31.4 Å². The summed E-state index contributed by atoms with van der Waals surface area (Å²) < 4.78 is 1.84.